The lowest BCUT2D eigenvalue weighted by Gasteiger charge is -2.31. The number of hydrogen-bond donors (Lipinski definition) is 2. The van der Waals surface area contributed by atoms with Crippen LogP contribution in [0.15, 0.2) is 24.3 Å². The maximum atomic E-state index is 12.0. The van der Waals surface area contributed by atoms with E-state index in [0.717, 1.165) is 0 Å². The average molecular weight is 431 g/mol. The normalized spacial score (nSPS) is 24.7. The molecule has 0 heterocycles. The third kappa shape index (κ3) is 6.14. The van der Waals surface area contributed by atoms with E-state index in [0.29, 0.717) is 31.2 Å². The lowest BCUT2D eigenvalue weighted by atomic mass is 9.89. The molecule has 1 saturated carbocycles. The van der Waals surface area contributed by atoms with E-state index >= 15 is 0 Å². The van der Waals surface area contributed by atoms with Crippen molar-refractivity contribution in [1.82, 2.24) is 4.72 Å². The topological polar surface area (TPSA) is 102 Å². The minimum Gasteiger partial charge on any atom is -0.383 e. The zero-order chi connectivity index (χ0) is 20.3. The van der Waals surface area contributed by atoms with Crippen molar-refractivity contribution in [1.29, 1.82) is 0 Å². The molecule has 1 aromatic rings. The number of nitrogens with one attached hydrogen (secondary N) is 1. The first-order valence-corrected chi connectivity index (χ1v) is 10.8. The second-order valence-electron chi connectivity index (χ2n) is 6.15. The van der Waals surface area contributed by atoms with Gasteiger partial charge >= 0.3 is 17.7 Å². The number of sulfonamides is 1. The van der Waals surface area contributed by atoms with Crippen LogP contribution in [0.3, 0.4) is 0 Å². The van der Waals surface area contributed by atoms with Gasteiger partial charge in [-0.3, -0.25) is 0 Å². The van der Waals surface area contributed by atoms with Crippen LogP contribution in [0.25, 0.3) is 0 Å². The second kappa shape index (κ2) is 8.43. The summed E-state index contributed by atoms with van der Waals surface area (Å²) in [5.41, 5.74) is -1.08. The van der Waals surface area contributed by atoms with Crippen LogP contribution in [0.4, 0.5) is 13.2 Å². The van der Waals surface area contributed by atoms with Crippen molar-refractivity contribution in [2.75, 3.05) is 5.75 Å². The summed E-state index contributed by atoms with van der Waals surface area (Å²) in [6, 6.07) is 4.49. The van der Waals surface area contributed by atoms with Crippen molar-refractivity contribution in [3.05, 3.63) is 29.8 Å². The molecule has 27 heavy (non-hydrogen) atoms. The standard InChI is InChI=1S/C15H20F3NO6S2/c1-2-10-27(22,23)19-13-4-3-9-14(13,20)11-5-7-12(8-6-11)24-26(21)25-15(16,17)18/h5-8,13,19-20H,2-4,9-10H2,1H3. The molecule has 0 radical (unpaired) electrons. The van der Waals surface area contributed by atoms with Gasteiger partial charge < -0.3 is 9.29 Å². The zero-order valence-electron chi connectivity index (χ0n) is 14.4. The van der Waals surface area contributed by atoms with Crippen molar-refractivity contribution < 1.29 is 39.3 Å². The fourth-order valence-corrected chi connectivity index (χ4v) is 4.87. The third-order valence-electron chi connectivity index (χ3n) is 4.10. The van der Waals surface area contributed by atoms with Crippen LogP contribution >= 0.6 is 0 Å². The highest BCUT2D eigenvalue weighted by Gasteiger charge is 2.44. The minimum absolute atomic E-state index is 0.0582. The highest BCUT2D eigenvalue weighted by molar-refractivity contribution is 7.89. The van der Waals surface area contributed by atoms with Gasteiger partial charge in [-0.2, -0.15) is 8.39 Å². The molecule has 0 aliphatic heterocycles. The first-order valence-electron chi connectivity index (χ1n) is 8.14. The summed E-state index contributed by atoms with van der Waals surface area (Å²) in [6.07, 6.45) is -3.31. The monoisotopic (exact) mass is 431 g/mol. The molecule has 1 fully saturated rings. The van der Waals surface area contributed by atoms with Crippen molar-refractivity contribution in [3.8, 4) is 5.75 Å². The maximum Gasteiger partial charge on any atom is 0.537 e. The smallest absolute Gasteiger partial charge is 0.383 e. The predicted molar refractivity (Wildman–Crippen MR) is 91.1 cm³/mol. The zero-order valence-corrected chi connectivity index (χ0v) is 16.0. The molecule has 1 aromatic carbocycles. The van der Waals surface area contributed by atoms with Crippen LogP contribution in [0.5, 0.6) is 5.75 Å². The molecule has 0 spiro atoms. The van der Waals surface area contributed by atoms with Gasteiger partial charge in [-0.05, 0) is 43.4 Å². The molecular formula is C15H20F3NO6S2. The van der Waals surface area contributed by atoms with E-state index in [1.165, 1.54) is 24.3 Å². The van der Waals surface area contributed by atoms with E-state index in [1.807, 2.05) is 0 Å². The minimum atomic E-state index is -5.10. The van der Waals surface area contributed by atoms with E-state index in [9.17, 15) is 30.9 Å². The van der Waals surface area contributed by atoms with Crippen LogP contribution in [-0.2, 0) is 31.2 Å². The van der Waals surface area contributed by atoms with Gasteiger partial charge in [0, 0.05) is 0 Å². The number of benzene rings is 1. The molecule has 0 saturated heterocycles. The Bertz CT molecular complexity index is 769. The molecule has 3 unspecified atom stereocenters. The third-order valence-corrected chi connectivity index (χ3v) is 6.35. The Morgan fingerprint density at radius 3 is 2.52 bits per heavy atom. The van der Waals surface area contributed by atoms with Crippen molar-refractivity contribution in [2.24, 2.45) is 0 Å². The fourth-order valence-electron chi connectivity index (χ4n) is 3.01. The molecule has 2 rings (SSSR count). The average Bonchev–Trinajstić information content (AvgIpc) is 2.87. The SMILES string of the molecule is CCCS(=O)(=O)NC1CCCC1(O)c1ccc(OS(=O)OC(F)(F)F)cc1. The largest absolute Gasteiger partial charge is 0.537 e. The Labute approximate surface area is 157 Å². The van der Waals surface area contributed by atoms with Crippen LogP contribution in [-0.4, -0.2) is 35.9 Å². The summed E-state index contributed by atoms with van der Waals surface area (Å²) >= 11 is -3.06. The van der Waals surface area contributed by atoms with Crippen LogP contribution in [0, 0.1) is 0 Å². The Balaban J connectivity index is 2.11. The Hall–Kier alpha value is -1.21. The van der Waals surface area contributed by atoms with E-state index in [2.05, 4.69) is 13.1 Å². The molecule has 12 heteroatoms. The lowest BCUT2D eigenvalue weighted by molar-refractivity contribution is -0.271. The first kappa shape index (κ1) is 22.1. The highest BCUT2D eigenvalue weighted by Crippen LogP contribution is 2.40. The summed E-state index contributed by atoms with van der Waals surface area (Å²) in [5.74, 6) is -0.219. The fraction of sp³-hybridized carbons (Fsp3) is 0.600. The number of alkyl halides is 3. The van der Waals surface area contributed by atoms with Crippen LogP contribution in [0.1, 0.15) is 38.2 Å². The summed E-state index contributed by atoms with van der Waals surface area (Å²) < 4.78 is 81.3. The highest BCUT2D eigenvalue weighted by atomic mass is 32.2. The molecule has 2 N–H and O–H groups in total. The Kier molecular flexibility index (Phi) is 6.90. The van der Waals surface area contributed by atoms with Gasteiger partial charge in [-0.1, -0.05) is 19.1 Å². The molecule has 154 valence electrons. The molecule has 3 atom stereocenters. The van der Waals surface area contributed by atoms with Gasteiger partial charge in [0.25, 0.3) is 0 Å². The molecule has 0 amide bonds. The van der Waals surface area contributed by atoms with Gasteiger partial charge in [0.15, 0.2) is 0 Å². The molecule has 0 bridgehead atoms. The Morgan fingerprint density at radius 2 is 1.96 bits per heavy atom. The van der Waals surface area contributed by atoms with Crippen LogP contribution in [0.2, 0.25) is 0 Å². The van der Waals surface area contributed by atoms with Crippen molar-refractivity contribution >= 4 is 21.4 Å². The number of rotatable bonds is 8. The molecule has 7 nitrogen and oxygen atoms in total. The maximum absolute atomic E-state index is 12.0. The van der Waals surface area contributed by atoms with Gasteiger partial charge in [0.05, 0.1) is 11.8 Å². The molecule has 0 aromatic heterocycles. The van der Waals surface area contributed by atoms with Gasteiger partial charge in [0.1, 0.15) is 11.4 Å². The first-order chi connectivity index (χ1) is 12.5. The van der Waals surface area contributed by atoms with Gasteiger partial charge in [-0.25, -0.2) is 13.1 Å². The Morgan fingerprint density at radius 1 is 1.33 bits per heavy atom. The van der Waals surface area contributed by atoms with E-state index in [4.69, 9.17) is 0 Å². The summed E-state index contributed by atoms with van der Waals surface area (Å²) in [5, 5.41) is 11.0. The number of aliphatic hydroxyl groups is 1. The predicted octanol–water partition coefficient (Wildman–Crippen LogP) is 2.25. The lowest BCUT2D eigenvalue weighted by Crippen LogP contribution is -2.47. The quantitative estimate of drug-likeness (QED) is 0.655. The van der Waals surface area contributed by atoms with Crippen LogP contribution < -0.4 is 8.91 Å². The van der Waals surface area contributed by atoms with Gasteiger partial charge in [0.2, 0.25) is 10.0 Å². The number of hydrogen-bond acceptors (Lipinski definition) is 6. The van der Waals surface area contributed by atoms with E-state index < -0.39 is 39.4 Å². The summed E-state index contributed by atoms with van der Waals surface area (Å²) in [6.45, 7) is 1.73. The van der Waals surface area contributed by atoms with E-state index in [1.54, 1.807) is 6.92 Å². The molecular weight excluding hydrogens is 411 g/mol. The van der Waals surface area contributed by atoms with Gasteiger partial charge in [-0.15, -0.1) is 13.2 Å². The van der Waals surface area contributed by atoms with E-state index in [-0.39, 0.29) is 11.5 Å². The molecule has 1 aliphatic rings. The van der Waals surface area contributed by atoms with Crippen molar-refractivity contribution in [2.45, 2.75) is 50.6 Å². The summed E-state index contributed by atoms with van der Waals surface area (Å²) in [7, 11) is -3.53. The number of halogens is 3. The van der Waals surface area contributed by atoms with Crippen molar-refractivity contribution in [3.63, 3.8) is 0 Å². The summed E-state index contributed by atoms with van der Waals surface area (Å²) in [4.78, 5) is 0. The molecule has 1 aliphatic carbocycles. The second-order valence-corrected chi connectivity index (χ2v) is 8.76.